The Morgan fingerprint density at radius 2 is 1.86 bits per heavy atom. The molecule has 1 aliphatic rings. The average molecular weight is 499 g/mol. The summed E-state index contributed by atoms with van der Waals surface area (Å²) in [7, 11) is 4.32. The van der Waals surface area contributed by atoms with Gasteiger partial charge in [-0.05, 0) is 82.6 Å². The molecule has 0 saturated carbocycles. The smallest absolute Gasteiger partial charge is 0.276 e. The molecule has 1 atom stereocenters. The van der Waals surface area contributed by atoms with Crippen LogP contribution in [0.15, 0.2) is 53.5 Å². The third kappa shape index (κ3) is 4.80. The first-order valence-electron chi connectivity index (χ1n) is 13.2. The van der Waals surface area contributed by atoms with Crippen molar-refractivity contribution >= 4 is 22.4 Å². The number of hydrogen-bond donors (Lipinski definition) is 1. The number of pyridine rings is 2. The van der Waals surface area contributed by atoms with Gasteiger partial charge in [-0.2, -0.15) is 0 Å². The predicted molar refractivity (Wildman–Crippen MR) is 151 cm³/mol. The van der Waals surface area contributed by atoms with E-state index in [-0.39, 0.29) is 17.0 Å². The molecule has 0 radical (unpaired) electrons. The third-order valence-electron chi connectivity index (χ3n) is 7.38. The van der Waals surface area contributed by atoms with Crippen LogP contribution in [0, 0.1) is 0 Å². The molecule has 1 aromatic carbocycles. The fourth-order valence-electron chi connectivity index (χ4n) is 5.24. The lowest BCUT2D eigenvalue weighted by molar-refractivity contribution is 0.268. The van der Waals surface area contributed by atoms with Gasteiger partial charge in [0.05, 0.1) is 10.9 Å². The molecule has 7 heteroatoms. The maximum Gasteiger partial charge on any atom is 0.276 e. The molecular formula is C30H38N6O. The standard InChI is InChI=1S/C30H38N6O/c1-19(2)35-29(37)24-18-31-27(17-25(24)36(35)28-10-8-9-26(33-28)30(3,4)5)32-22-13-11-21-16-23(34(6)7)14-12-20(21)15-22/h8-11,13,15,17-19,23H,12,14,16H2,1-7H3,(H,31,32). The molecule has 1 N–H and O–H groups in total. The zero-order valence-corrected chi connectivity index (χ0v) is 23.0. The molecule has 194 valence electrons. The van der Waals surface area contributed by atoms with E-state index in [1.807, 2.05) is 42.8 Å². The fourth-order valence-corrected chi connectivity index (χ4v) is 5.24. The zero-order valence-electron chi connectivity index (χ0n) is 23.0. The Morgan fingerprint density at radius 3 is 2.57 bits per heavy atom. The summed E-state index contributed by atoms with van der Waals surface area (Å²) in [5.41, 5.74) is 5.45. The van der Waals surface area contributed by atoms with Crippen LogP contribution in [0.4, 0.5) is 11.5 Å². The molecule has 1 unspecified atom stereocenters. The lowest BCUT2D eigenvalue weighted by Crippen LogP contribution is -2.33. The second-order valence-corrected chi connectivity index (χ2v) is 11.7. The second-order valence-electron chi connectivity index (χ2n) is 11.7. The van der Waals surface area contributed by atoms with Crippen molar-refractivity contribution in [3.05, 3.63) is 75.8 Å². The minimum atomic E-state index is -0.102. The van der Waals surface area contributed by atoms with Gasteiger partial charge < -0.3 is 10.2 Å². The quantitative estimate of drug-likeness (QED) is 0.387. The molecule has 7 nitrogen and oxygen atoms in total. The first-order valence-corrected chi connectivity index (χ1v) is 13.2. The molecule has 3 aromatic heterocycles. The molecule has 0 saturated heterocycles. The van der Waals surface area contributed by atoms with Crippen LogP contribution in [0.1, 0.15) is 63.9 Å². The highest BCUT2D eigenvalue weighted by Gasteiger charge is 2.22. The molecule has 0 amide bonds. The summed E-state index contributed by atoms with van der Waals surface area (Å²) in [5, 5.41) is 4.07. The monoisotopic (exact) mass is 498 g/mol. The Balaban J connectivity index is 1.56. The number of hydrogen-bond acceptors (Lipinski definition) is 5. The van der Waals surface area contributed by atoms with Crippen molar-refractivity contribution in [3.8, 4) is 5.82 Å². The number of rotatable bonds is 5. The van der Waals surface area contributed by atoms with Crippen LogP contribution in [0.2, 0.25) is 0 Å². The van der Waals surface area contributed by atoms with Crippen molar-refractivity contribution in [1.82, 2.24) is 24.2 Å². The molecule has 0 fully saturated rings. The van der Waals surface area contributed by atoms with E-state index in [9.17, 15) is 4.79 Å². The Labute approximate surface area is 219 Å². The van der Waals surface area contributed by atoms with Crippen LogP contribution in [-0.4, -0.2) is 44.4 Å². The fraction of sp³-hybridized carbons (Fsp3) is 0.433. The van der Waals surface area contributed by atoms with Gasteiger partial charge in [0.25, 0.3) is 5.56 Å². The van der Waals surface area contributed by atoms with Crippen LogP contribution in [0.3, 0.4) is 0 Å². The van der Waals surface area contributed by atoms with E-state index in [0.29, 0.717) is 17.2 Å². The molecule has 4 aromatic rings. The van der Waals surface area contributed by atoms with E-state index in [2.05, 4.69) is 68.3 Å². The number of likely N-dealkylation sites (N-methyl/N-ethyl adjacent to an activating group) is 1. The Kier molecular flexibility index (Phi) is 6.44. The summed E-state index contributed by atoms with van der Waals surface area (Å²) >= 11 is 0. The lowest BCUT2D eigenvalue weighted by Gasteiger charge is -2.30. The maximum absolute atomic E-state index is 13.4. The number of nitrogens with zero attached hydrogens (tertiary/aromatic N) is 5. The van der Waals surface area contributed by atoms with E-state index in [0.717, 1.165) is 35.6 Å². The van der Waals surface area contributed by atoms with E-state index in [1.165, 1.54) is 17.5 Å². The Hall–Kier alpha value is -3.45. The molecule has 0 aliphatic heterocycles. The van der Waals surface area contributed by atoms with Crippen LogP contribution < -0.4 is 10.9 Å². The van der Waals surface area contributed by atoms with E-state index in [1.54, 1.807) is 10.9 Å². The Morgan fingerprint density at radius 1 is 1.08 bits per heavy atom. The number of nitrogens with one attached hydrogen (secondary N) is 1. The van der Waals surface area contributed by atoms with Gasteiger partial charge in [0, 0.05) is 41.1 Å². The van der Waals surface area contributed by atoms with Gasteiger partial charge in [-0.25, -0.2) is 19.3 Å². The minimum absolute atomic E-state index is 0.0389. The third-order valence-corrected chi connectivity index (χ3v) is 7.38. The number of benzene rings is 1. The number of anilines is 2. The van der Waals surface area contributed by atoms with Crippen molar-refractivity contribution in [2.75, 3.05) is 19.4 Å². The molecule has 5 rings (SSSR count). The van der Waals surface area contributed by atoms with Gasteiger partial charge in [-0.3, -0.25) is 4.79 Å². The summed E-state index contributed by atoms with van der Waals surface area (Å²) in [4.78, 5) is 25.3. The van der Waals surface area contributed by atoms with Crippen molar-refractivity contribution in [2.24, 2.45) is 0 Å². The molecule has 0 spiro atoms. The van der Waals surface area contributed by atoms with Gasteiger partial charge in [0.15, 0.2) is 5.82 Å². The summed E-state index contributed by atoms with van der Waals surface area (Å²) in [5.74, 6) is 1.44. The summed E-state index contributed by atoms with van der Waals surface area (Å²) < 4.78 is 3.71. The van der Waals surface area contributed by atoms with Crippen molar-refractivity contribution in [2.45, 2.75) is 71.4 Å². The van der Waals surface area contributed by atoms with Crippen molar-refractivity contribution < 1.29 is 0 Å². The molecule has 0 bridgehead atoms. The van der Waals surface area contributed by atoms with Crippen molar-refractivity contribution in [1.29, 1.82) is 0 Å². The van der Waals surface area contributed by atoms with Crippen LogP contribution in [-0.2, 0) is 18.3 Å². The molecule has 1 aliphatic carbocycles. The highest BCUT2D eigenvalue weighted by Crippen LogP contribution is 2.29. The minimum Gasteiger partial charge on any atom is -0.340 e. The van der Waals surface area contributed by atoms with E-state index >= 15 is 0 Å². The van der Waals surface area contributed by atoms with Crippen LogP contribution in [0.5, 0.6) is 0 Å². The van der Waals surface area contributed by atoms with Gasteiger partial charge in [-0.15, -0.1) is 0 Å². The molecule has 3 heterocycles. The van der Waals surface area contributed by atoms with Crippen LogP contribution >= 0.6 is 0 Å². The Bertz CT molecular complexity index is 1510. The number of fused-ring (bicyclic) bond motifs is 2. The van der Waals surface area contributed by atoms with Gasteiger partial charge in [-0.1, -0.05) is 32.9 Å². The van der Waals surface area contributed by atoms with Crippen molar-refractivity contribution in [3.63, 3.8) is 0 Å². The van der Waals surface area contributed by atoms with E-state index in [4.69, 9.17) is 4.98 Å². The second kappa shape index (κ2) is 9.45. The van der Waals surface area contributed by atoms with Gasteiger partial charge in [0.2, 0.25) is 0 Å². The lowest BCUT2D eigenvalue weighted by atomic mass is 9.87. The normalized spacial score (nSPS) is 16.0. The largest absolute Gasteiger partial charge is 0.340 e. The highest BCUT2D eigenvalue weighted by atomic mass is 16.1. The number of aryl methyl sites for hydroxylation is 1. The topological polar surface area (TPSA) is 68.0 Å². The maximum atomic E-state index is 13.4. The van der Waals surface area contributed by atoms with E-state index < -0.39 is 0 Å². The zero-order chi connectivity index (χ0) is 26.5. The summed E-state index contributed by atoms with van der Waals surface area (Å²) in [6.45, 7) is 10.5. The predicted octanol–water partition coefficient (Wildman–Crippen LogP) is 5.62. The highest BCUT2D eigenvalue weighted by molar-refractivity contribution is 5.82. The molecular weight excluding hydrogens is 460 g/mol. The average Bonchev–Trinajstić information content (AvgIpc) is 3.15. The first-order chi connectivity index (χ1) is 17.5. The van der Waals surface area contributed by atoms with Gasteiger partial charge >= 0.3 is 0 Å². The van der Waals surface area contributed by atoms with Gasteiger partial charge in [0.1, 0.15) is 5.82 Å². The van der Waals surface area contributed by atoms with Crippen LogP contribution in [0.25, 0.3) is 16.7 Å². The SMILES string of the molecule is CC(C)n1c(=O)c2cnc(Nc3ccc4c(c3)CCC(N(C)C)C4)cc2n1-c1cccc(C(C)(C)C)n1. The molecule has 37 heavy (non-hydrogen) atoms. The number of aromatic nitrogens is 4. The summed E-state index contributed by atoms with van der Waals surface area (Å²) in [6.07, 6.45) is 5.02. The summed E-state index contributed by atoms with van der Waals surface area (Å²) in [6, 6.07) is 15.1. The first kappa shape index (κ1) is 25.2.